The summed E-state index contributed by atoms with van der Waals surface area (Å²) in [6.45, 7) is 4.82. The smallest absolute Gasteiger partial charge is 0.191 e. The lowest BCUT2D eigenvalue weighted by atomic mass is 10.1. The number of ether oxygens (including phenoxy) is 1. The Morgan fingerprint density at radius 1 is 1.00 bits per heavy atom. The van der Waals surface area contributed by atoms with Crippen LogP contribution in [0.2, 0.25) is 0 Å². The molecule has 160 valence electrons. The normalized spacial score (nSPS) is 11.1. The van der Waals surface area contributed by atoms with Crippen molar-refractivity contribution < 1.29 is 4.74 Å². The lowest BCUT2D eigenvalue weighted by molar-refractivity contribution is 0.107. The zero-order valence-electron chi connectivity index (χ0n) is 17.4. The summed E-state index contributed by atoms with van der Waals surface area (Å²) in [6, 6.07) is 18.7. The molecule has 0 aliphatic carbocycles. The van der Waals surface area contributed by atoms with Gasteiger partial charge in [0.05, 0.1) is 18.2 Å². The van der Waals surface area contributed by atoms with Gasteiger partial charge >= 0.3 is 0 Å². The third kappa shape index (κ3) is 8.41. The van der Waals surface area contributed by atoms with E-state index in [0.717, 1.165) is 23.9 Å². The number of hydrogen-bond acceptors (Lipinski definition) is 4. The molecule has 5 nitrogen and oxygen atoms in total. The highest BCUT2D eigenvalue weighted by Gasteiger charge is 2.02. The molecule has 0 aliphatic rings. The maximum atomic E-state index is 5.84. The molecule has 3 aromatic rings. The van der Waals surface area contributed by atoms with Gasteiger partial charge in [0, 0.05) is 37.6 Å². The number of halogens is 1. The molecule has 2 N–H and O–H groups in total. The lowest BCUT2D eigenvalue weighted by Gasteiger charge is -2.12. The number of rotatable bonds is 9. The van der Waals surface area contributed by atoms with Gasteiger partial charge < -0.3 is 15.4 Å². The van der Waals surface area contributed by atoms with Crippen molar-refractivity contribution in [2.24, 2.45) is 4.99 Å². The van der Waals surface area contributed by atoms with Crippen LogP contribution in [0.3, 0.4) is 0 Å². The minimum atomic E-state index is 0. The van der Waals surface area contributed by atoms with Crippen LogP contribution in [0.15, 0.2) is 65.8 Å². The van der Waals surface area contributed by atoms with Gasteiger partial charge in [-0.3, -0.25) is 4.99 Å². The van der Waals surface area contributed by atoms with Crippen molar-refractivity contribution in [3.8, 4) is 0 Å². The van der Waals surface area contributed by atoms with Gasteiger partial charge in [-0.2, -0.15) is 0 Å². The monoisotopic (exact) mass is 536 g/mol. The van der Waals surface area contributed by atoms with E-state index in [4.69, 9.17) is 4.74 Å². The molecule has 0 aliphatic heterocycles. The molecule has 0 spiro atoms. The largest absolute Gasteiger partial charge is 0.372 e. The third-order valence-corrected chi connectivity index (χ3v) is 5.33. The molecule has 0 saturated heterocycles. The summed E-state index contributed by atoms with van der Waals surface area (Å²) < 4.78 is 5.84. The number of benzene rings is 2. The summed E-state index contributed by atoms with van der Waals surface area (Å²) in [4.78, 5) is 9.94. The Labute approximate surface area is 200 Å². The Bertz CT molecular complexity index is 914. The van der Waals surface area contributed by atoms with Crippen LogP contribution >= 0.6 is 35.3 Å². The molecular weight excluding hydrogens is 507 g/mol. The van der Waals surface area contributed by atoms with E-state index in [9.17, 15) is 0 Å². The van der Waals surface area contributed by atoms with Gasteiger partial charge in [-0.15, -0.1) is 35.3 Å². The number of nitrogens with zero attached hydrogens (tertiary/aromatic N) is 2. The van der Waals surface area contributed by atoms with E-state index >= 15 is 0 Å². The topological polar surface area (TPSA) is 58.5 Å². The molecule has 0 amide bonds. The summed E-state index contributed by atoms with van der Waals surface area (Å²) in [5.74, 6) is 0.795. The first-order valence-corrected chi connectivity index (χ1v) is 10.6. The summed E-state index contributed by atoms with van der Waals surface area (Å²) >= 11 is 1.74. The van der Waals surface area contributed by atoms with Gasteiger partial charge in [0.15, 0.2) is 5.96 Å². The average molecular weight is 536 g/mol. The number of thiazole rings is 1. The summed E-state index contributed by atoms with van der Waals surface area (Å²) in [5.41, 5.74) is 3.56. The van der Waals surface area contributed by atoms with Crippen LogP contribution < -0.4 is 10.6 Å². The molecule has 0 bridgehead atoms. The number of guanidine groups is 1. The van der Waals surface area contributed by atoms with Crippen LogP contribution in [0.4, 0.5) is 0 Å². The highest BCUT2D eigenvalue weighted by Crippen LogP contribution is 2.11. The Hall–Kier alpha value is -1.97. The number of aliphatic imine (C=N–C) groups is 1. The standard InChI is InChI=1S/C23H28N4OS.HI/c1-18-14-26-22(29-18)11-12-25-23(24-2)27-15-20-9-6-10-21(13-20)17-28-16-19-7-4-3-5-8-19;/h3-10,13-14H,11-12,15-17H2,1-2H3,(H2,24,25,27);1H. The van der Waals surface area contributed by atoms with Gasteiger partial charge in [-0.1, -0.05) is 54.6 Å². The second kappa shape index (κ2) is 13.4. The Kier molecular flexibility index (Phi) is 10.8. The zero-order chi connectivity index (χ0) is 20.3. The molecule has 30 heavy (non-hydrogen) atoms. The van der Waals surface area contributed by atoms with Crippen molar-refractivity contribution in [2.45, 2.75) is 33.1 Å². The fourth-order valence-corrected chi connectivity index (χ4v) is 3.69. The van der Waals surface area contributed by atoms with Crippen LogP contribution in [0.25, 0.3) is 0 Å². The fraction of sp³-hybridized carbons (Fsp3) is 0.304. The molecule has 3 rings (SSSR count). The molecule has 1 heterocycles. The van der Waals surface area contributed by atoms with Crippen molar-refractivity contribution in [1.29, 1.82) is 0 Å². The minimum Gasteiger partial charge on any atom is -0.372 e. The van der Waals surface area contributed by atoms with Crippen LogP contribution in [-0.4, -0.2) is 24.5 Å². The molecule has 0 atom stereocenters. The molecule has 0 fully saturated rings. The number of nitrogens with one attached hydrogen (secondary N) is 2. The maximum absolute atomic E-state index is 5.84. The van der Waals surface area contributed by atoms with E-state index in [1.807, 2.05) is 24.4 Å². The van der Waals surface area contributed by atoms with Crippen LogP contribution in [-0.2, 0) is 30.9 Å². The van der Waals surface area contributed by atoms with E-state index in [1.54, 1.807) is 18.4 Å². The van der Waals surface area contributed by atoms with Crippen molar-refractivity contribution in [2.75, 3.05) is 13.6 Å². The Morgan fingerprint density at radius 3 is 2.47 bits per heavy atom. The van der Waals surface area contributed by atoms with E-state index in [-0.39, 0.29) is 24.0 Å². The Morgan fingerprint density at radius 2 is 1.73 bits per heavy atom. The van der Waals surface area contributed by atoms with Crippen LogP contribution in [0.1, 0.15) is 26.6 Å². The predicted molar refractivity (Wildman–Crippen MR) is 136 cm³/mol. The summed E-state index contributed by atoms with van der Waals surface area (Å²) in [6.07, 6.45) is 2.82. The summed E-state index contributed by atoms with van der Waals surface area (Å²) in [5, 5.41) is 7.86. The quantitative estimate of drug-likeness (QED) is 0.237. The van der Waals surface area contributed by atoms with E-state index in [2.05, 4.69) is 63.9 Å². The number of aryl methyl sites for hydroxylation is 1. The predicted octanol–water partition coefficient (Wildman–Crippen LogP) is 4.69. The third-order valence-electron chi connectivity index (χ3n) is 4.36. The highest BCUT2D eigenvalue weighted by molar-refractivity contribution is 14.0. The molecule has 0 unspecified atom stereocenters. The molecule has 0 radical (unpaired) electrons. The molecule has 2 aromatic carbocycles. The van der Waals surface area contributed by atoms with Gasteiger partial charge in [-0.05, 0) is 23.6 Å². The van der Waals surface area contributed by atoms with E-state index in [1.165, 1.54) is 21.6 Å². The number of hydrogen-bond donors (Lipinski definition) is 2. The number of aromatic nitrogens is 1. The fourth-order valence-electron chi connectivity index (χ4n) is 2.90. The molecule has 1 aromatic heterocycles. The van der Waals surface area contributed by atoms with Crippen LogP contribution in [0, 0.1) is 6.92 Å². The van der Waals surface area contributed by atoms with Gasteiger partial charge in [0.1, 0.15) is 0 Å². The Balaban J connectivity index is 0.00000320. The van der Waals surface area contributed by atoms with Gasteiger partial charge in [0.2, 0.25) is 0 Å². The van der Waals surface area contributed by atoms with Gasteiger partial charge in [0.25, 0.3) is 0 Å². The molecular formula is C23H29IN4OS. The molecule has 7 heteroatoms. The first-order valence-electron chi connectivity index (χ1n) is 9.78. The zero-order valence-corrected chi connectivity index (χ0v) is 20.6. The van der Waals surface area contributed by atoms with E-state index in [0.29, 0.717) is 19.8 Å². The van der Waals surface area contributed by atoms with Crippen molar-refractivity contribution in [3.63, 3.8) is 0 Å². The second-order valence-corrected chi connectivity index (χ2v) is 8.08. The minimum absolute atomic E-state index is 0. The van der Waals surface area contributed by atoms with Crippen LogP contribution in [0.5, 0.6) is 0 Å². The second-order valence-electron chi connectivity index (χ2n) is 6.77. The van der Waals surface area contributed by atoms with Crippen molar-refractivity contribution in [3.05, 3.63) is 87.4 Å². The highest BCUT2D eigenvalue weighted by atomic mass is 127. The lowest BCUT2D eigenvalue weighted by Crippen LogP contribution is -2.37. The average Bonchev–Trinajstić information content (AvgIpc) is 3.16. The first kappa shape index (κ1) is 24.3. The maximum Gasteiger partial charge on any atom is 0.191 e. The SMILES string of the molecule is CN=C(NCCc1ncc(C)s1)NCc1cccc(COCc2ccccc2)c1.I. The van der Waals surface area contributed by atoms with Gasteiger partial charge in [-0.25, -0.2) is 4.98 Å². The van der Waals surface area contributed by atoms with E-state index < -0.39 is 0 Å². The van der Waals surface area contributed by atoms with Crippen molar-refractivity contribution >= 4 is 41.3 Å². The summed E-state index contributed by atoms with van der Waals surface area (Å²) in [7, 11) is 1.79. The molecule has 0 saturated carbocycles. The first-order chi connectivity index (χ1) is 14.2. The van der Waals surface area contributed by atoms with Crippen molar-refractivity contribution in [1.82, 2.24) is 15.6 Å².